The second kappa shape index (κ2) is 5.97. The number of nitrogens with one attached hydrogen (secondary N) is 2. The van der Waals surface area contributed by atoms with Crippen LogP contribution in [0.3, 0.4) is 0 Å². The summed E-state index contributed by atoms with van der Waals surface area (Å²) < 4.78 is 0. The van der Waals surface area contributed by atoms with Crippen LogP contribution in [0.1, 0.15) is 36.1 Å². The van der Waals surface area contributed by atoms with E-state index in [-0.39, 0.29) is 17.9 Å². The average molecular weight is 294 g/mol. The second-order valence-electron chi connectivity index (χ2n) is 5.57. The van der Waals surface area contributed by atoms with Crippen molar-refractivity contribution in [3.05, 3.63) is 60.2 Å². The molecular formula is C17H18N4O. The summed E-state index contributed by atoms with van der Waals surface area (Å²) in [6.45, 7) is 4.12. The van der Waals surface area contributed by atoms with Crippen LogP contribution in [0, 0.1) is 5.92 Å². The molecule has 1 amide bonds. The van der Waals surface area contributed by atoms with Crippen LogP contribution in [-0.2, 0) is 0 Å². The van der Waals surface area contributed by atoms with Gasteiger partial charge >= 0.3 is 0 Å². The number of pyridine rings is 1. The fraction of sp³-hybridized carbons (Fsp3) is 0.235. The van der Waals surface area contributed by atoms with E-state index in [9.17, 15) is 4.79 Å². The molecule has 5 heteroatoms. The normalized spacial score (nSPS) is 12.5. The van der Waals surface area contributed by atoms with Gasteiger partial charge in [0.15, 0.2) is 0 Å². The third-order valence-corrected chi connectivity index (χ3v) is 3.60. The molecule has 3 rings (SSSR count). The number of fused-ring (bicyclic) bond motifs is 1. The summed E-state index contributed by atoms with van der Waals surface area (Å²) in [7, 11) is 0. The number of rotatable bonds is 4. The van der Waals surface area contributed by atoms with Gasteiger partial charge in [-0.2, -0.15) is 0 Å². The molecule has 3 aromatic rings. The Balaban J connectivity index is 1.88. The molecule has 0 bridgehead atoms. The minimum atomic E-state index is -0.173. The number of para-hydroxylation sites is 2. The molecule has 1 atom stereocenters. The van der Waals surface area contributed by atoms with Gasteiger partial charge in [0.25, 0.3) is 5.91 Å². The highest BCUT2D eigenvalue weighted by Crippen LogP contribution is 2.22. The predicted octanol–water partition coefficient (Wildman–Crippen LogP) is 3.09. The van der Waals surface area contributed by atoms with Crippen molar-refractivity contribution in [2.45, 2.75) is 19.9 Å². The van der Waals surface area contributed by atoms with E-state index in [1.54, 1.807) is 24.5 Å². The monoisotopic (exact) mass is 294 g/mol. The number of carbonyl (C=O) groups excluding carboxylic acids is 1. The van der Waals surface area contributed by atoms with E-state index < -0.39 is 0 Å². The lowest BCUT2D eigenvalue weighted by Gasteiger charge is -2.20. The molecule has 0 saturated heterocycles. The van der Waals surface area contributed by atoms with E-state index >= 15 is 0 Å². The van der Waals surface area contributed by atoms with Gasteiger partial charge in [0.2, 0.25) is 0 Å². The summed E-state index contributed by atoms with van der Waals surface area (Å²) in [6.07, 6.45) is 3.22. The molecule has 2 N–H and O–H groups in total. The van der Waals surface area contributed by atoms with Gasteiger partial charge in [0.1, 0.15) is 5.82 Å². The molecule has 0 aliphatic rings. The Morgan fingerprint density at radius 1 is 1.14 bits per heavy atom. The van der Waals surface area contributed by atoms with E-state index in [1.807, 2.05) is 24.3 Å². The van der Waals surface area contributed by atoms with E-state index in [4.69, 9.17) is 0 Å². The van der Waals surface area contributed by atoms with Crippen molar-refractivity contribution in [1.29, 1.82) is 0 Å². The van der Waals surface area contributed by atoms with Crippen LogP contribution in [0.15, 0.2) is 48.8 Å². The Labute approximate surface area is 128 Å². The Bertz CT molecular complexity index is 746. The van der Waals surface area contributed by atoms with Gasteiger partial charge in [-0.15, -0.1) is 0 Å². The number of imidazole rings is 1. The topological polar surface area (TPSA) is 70.7 Å². The van der Waals surface area contributed by atoms with Crippen LogP contribution < -0.4 is 5.32 Å². The van der Waals surface area contributed by atoms with Crippen molar-refractivity contribution in [1.82, 2.24) is 20.3 Å². The standard InChI is InChI=1S/C17H18N4O/c1-11(2)15(21-17(22)12-7-9-18-10-8-12)16-19-13-5-3-4-6-14(13)20-16/h3-11,15H,1-2H3,(H,19,20)(H,21,22)/t15-/m0/s1. The highest BCUT2D eigenvalue weighted by atomic mass is 16.1. The highest BCUT2D eigenvalue weighted by molar-refractivity contribution is 5.94. The van der Waals surface area contributed by atoms with Gasteiger partial charge in [0, 0.05) is 18.0 Å². The molecule has 0 fully saturated rings. The first kappa shape index (κ1) is 14.3. The van der Waals surface area contributed by atoms with Gasteiger partial charge in [-0.1, -0.05) is 26.0 Å². The molecule has 5 nitrogen and oxygen atoms in total. The number of hydrogen-bond acceptors (Lipinski definition) is 3. The summed E-state index contributed by atoms with van der Waals surface area (Å²) in [4.78, 5) is 24.2. The van der Waals surface area contributed by atoms with Gasteiger partial charge < -0.3 is 10.3 Å². The SMILES string of the molecule is CC(C)[C@H](NC(=O)c1ccncc1)c1nc2ccccc2[nH]1. The van der Waals surface area contributed by atoms with Crippen LogP contribution in [-0.4, -0.2) is 20.9 Å². The maximum atomic E-state index is 12.4. The number of carbonyl (C=O) groups is 1. The number of aromatic amines is 1. The fourth-order valence-corrected chi connectivity index (χ4v) is 2.40. The molecule has 0 spiro atoms. The average Bonchev–Trinajstić information content (AvgIpc) is 2.96. The molecule has 0 unspecified atom stereocenters. The van der Waals surface area contributed by atoms with Crippen LogP contribution in [0.4, 0.5) is 0 Å². The van der Waals surface area contributed by atoms with Gasteiger partial charge in [0.05, 0.1) is 17.1 Å². The molecule has 0 aliphatic heterocycles. The number of amides is 1. The number of aromatic nitrogens is 3. The van der Waals surface area contributed by atoms with E-state index in [2.05, 4.69) is 34.1 Å². The Morgan fingerprint density at radius 2 is 1.86 bits per heavy atom. The van der Waals surface area contributed by atoms with Gasteiger partial charge in [-0.05, 0) is 30.2 Å². The number of benzene rings is 1. The largest absolute Gasteiger partial charge is 0.342 e. The lowest BCUT2D eigenvalue weighted by molar-refractivity contribution is 0.0923. The highest BCUT2D eigenvalue weighted by Gasteiger charge is 2.22. The maximum Gasteiger partial charge on any atom is 0.251 e. The van der Waals surface area contributed by atoms with E-state index in [1.165, 1.54) is 0 Å². The first-order valence-electron chi connectivity index (χ1n) is 7.30. The predicted molar refractivity (Wildman–Crippen MR) is 85.4 cm³/mol. The van der Waals surface area contributed by atoms with Crippen molar-refractivity contribution in [2.75, 3.05) is 0 Å². The molecule has 2 aromatic heterocycles. The Hall–Kier alpha value is -2.69. The summed E-state index contributed by atoms with van der Waals surface area (Å²) in [5, 5.41) is 3.05. The first-order valence-corrected chi connectivity index (χ1v) is 7.30. The third kappa shape index (κ3) is 2.83. The summed E-state index contributed by atoms with van der Waals surface area (Å²) in [6, 6.07) is 11.1. The molecular weight excluding hydrogens is 276 g/mol. The van der Waals surface area contributed by atoms with Crippen molar-refractivity contribution in [2.24, 2.45) is 5.92 Å². The number of H-pyrrole nitrogens is 1. The second-order valence-corrected chi connectivity index (χ2v) is 5.57. The van der Waals surface area contributed by atoms with Crippen LogP contribution in [0.2, 0.25) is 0 Å². The lowest BCUT2D eigenvalue weighted by atomic mass is 10.0. The first-order chi connectivity index (χ1) is 10.6. The van der Waals surface area contributed by atoms with Crippen LogP contribution in [0.25, 0.3) is 11.0 Å². The van der Waals surface area contributed by atoms with E-state index in [0.29, 0.717) is 5.56 Å². The van der Waals surface area contributed by atoms with Gasteiger partial charge in [-0.25, -0.2) is 4.98 Å². The minimum absolute atomic E-state index is 0.124. The zero-order valence-corrected chi connectivity index (χ0v) is 12.6. The van der Waals surface area contributed by atoms with Crippen molar-refractivity contribution >= 4 is 16.9 Å². The zero-order valence-electron chi connectivity index (χ0n) is 12.6. The maximum absolute atomic E-state index is 12.4. The Morgan fingerprint density at radius 3 is 2.55 bits per heavy atom. The molecule has 22 heavy (non-hydrogen) atoms. The molecule has 112 valence electrons. The smallest absolute Gasteiger partial charge is 0.251 e. The third-order valence-electron chi connectivity index (χ3n) is 3.60. The quantitative estimate of drug-likeness (QED) is 0.776. The molecule has 2 heterocycles. The summed E-state index contributed by atoms with van der Waals surface area (Å²) >= 11 is 0. The molecule has 1 aromatic carbocycles. The van der Waals surface area contributed by atoms with Crippen molar-refractivity contribution in [3.63, 3.8) is 0 Å². The summed E-state index contributed by atoms with van der Waals surface area (Å²) in [5.74, 6) is 0.867. The number of nitrogens with zero attached hydrogens (tertiary/aromatic N) is 2. The Kier molecular flexibility index (Phi) is 3.87. The summed E-state index contributed by atoms with van der Waals surface area (Å²) in [5.41, 5.74) is 2.47. The van der Waals surface area contributed by atoms with Crippen LogP contribution in [0.5, 0.6) is 0 Å². The fourth-order valence-electron chi connectivity index (χ4n) is 2.40. The molecule has 0 saturated carbocycles. The number of hydrogen-bond donors (Lipinski definition) is 2. The molecule has 0 aliphatic carbocycles. The molecule has 0 radical (unpaired) electrons. The zero-order chi connectivity index (χ0) is 15.5. The van der Waals surface area contributed by atoms with Crippen molar-refractivity contribution < 1.29 is 4.79 Å². The van der Waals surface area contributed by atoms with E-state index in [0.717, 1.165) is 16.9 Å². The lowest BCUT2D eigenvalue weighted by Crippen LogP contribution is -2.32. The van der Waals surface area contributed by atoms with Crippen molar-refractivity contribution in [3.8, 4) is 0 Å². The van der Waals surface area contributed by atoms with Gasteiger partial charge in [-0.3, -0.25) is 9.78 Å². The van der Waals surface area contributed by atoms with Crippen LogP contribution >= 0.6 is 0 Å². The minimum Gasteiger partial charge on any atom is -0.342 e.